The summed E-state index contributed by atoms with van der Waals surface area (Å²) in [6.45, 7) is 3.38. The molecule has 4 rings (SSSR count). The van der Waals surface area contributed by atoms with Crippen LogP contribution in [0.3, 0.4) is 0 Å². The summed E-state index contributed by atoms with van der Waals surface area (Å²) >= 11 is 0. The van der Waals surface area contributed by atoms with Crippen molar-refractivity contribution < 1.29 is 24.9 Å². The Morgan fingerprint density at radius 3 is 2.56 bits per heavy atom. The monoisotopic (exact) mass is 379 g/mol. The number of Topliss-reactive ketones (excluding diaryl/α,β-unsaturated/α-hetero) is 2. The highest BCUT2D eigenvalue weighted by Crippen LogP contribution is 2.68. The molecule has 6 heteroatoms. The molecule has 5 N–H and O–H groups in total. The van der Waals surface area contributed by atoms with Gasteiger partial charge in [0, 0.05) is 23.8 Å². The van der Waals surface area contributed by atoms with Gasteiger partial charge in [-0.15, -0.1) is 0 Å². The van der Waals surface area contributed by atoms with Crippen LogP contribution in [0.4, 0.5) is 0 Å². The molecule has 0 bridgehead atoms. The average molecular weight is 379 g/mol. The van der Waals surface area contributed by atoms with E-state index in [4.69, 9.17) is 5.73 Å². The van der Waals surface area contributed by atoms with E-state index in [-0.39, 0.29) is 29.0 Å². The minimum Gasteiger partial charge on any atom is -0.393 e. The smallest absolute Gasteiger partial charge is 0.190 e. The summed E-state index contributed by atoms with van der Waals surface area (Å²) in [5.41, 5.74) is 3.59. The Labute approximate surface area is 160 Å². The maximum absolute atomic E-state index is 12.4. The lowest BCUT2D eigenvalue weighted by atomic mass is 9.41. The minimum absolute atomic E-state index is 0.0194. The molecule has 152 valence electrons. The molecule has 0 saturated heterocycles. The van der Waals surface area contributed by atoms with Crippen LogP contribution in [-0.2, 0) is 9.59 Å². The Morgan fingerprint density at radius 1 is 1.19 bits per heavy atom. The third-order valence-corrected chi connectivity index (χ3v) is 9.44. The molecule has 0 heterocycles. The molecule has 27 heavy (non-hydrogen) atoms. The molecule has 0 radical (unpaired) electrons. The third-order valence-electron chi connectivity index (χ3n) is 9.44. The van der Waals surface area contributed by atoms with Crippen molar-refractivity contribution in [3.63, 3.8) is 0 Å². The van der Waals surface area contributed by atoms with Crippen molar-refractivity contribution in [2.75, 3.05) is 6.61 Å². The first-order chi connectivity index (χ1) is 12.5. The Bertz CT molecular complexity index is 681. The van der Waals surface area contributed by atoms with Gasteiger partial charge >= 0.3 is 0 Å². The second-order valence-corrected chi connectivity index (χ2v) is 10.3. The van der Waals surface area contributed by atoms with Gasteiger partial charge in [-0.2, -0.15) is 0 Å². The number of ketones is 2. The fraction of sp³-hybridized carbons (Fsp3) is 0.905. The van der Waals surface area contributed by atoms with Gasteiger partial charge in [0.1, 0.15) is 18.0 Å². The summed E-state index contributed by atoms with van der Waals surface area (Å²) in [4.78, 5) is 24.5. The maximum Gasteiger partial charge on any atom is 0.190 e. The lowest BCUT2D eigenvalue weighted by Crippen LogP contribution is -2.70. The second-order valence-electron chi connectivity index (χ2n) is 10.3. The molecule has 4 fully saturated rings. The zero-order valence-corrected chi connectivity index (χ0v) is 16.4. The van der Waals surface area contributed by atoms with Crippen LogP contribution in [0.5, 0.6) is 0 Å². The molecule has 4 saturated carbocycles. The molecule has 4 aliphatic rings. The van der Waals surface area contributed by atoms with Crippen molar-refractivity contribution in [1.29, 1.82) is 0 Å². The van der Waals surface area contributed by atoms with E-state index in [1.807, 2.05) is 6.92 Å². The van der Waals surface area contributed by atoms with Crippen LogP contribution in [0.1, 0.15) is 65.2 Å². The molecule has 0 aliphatic heterocycles. The van der Waals surface area contributed by atoms with Crippen LogP contribution >= 0.6 is 0 Å². The topological polar surface area (TPSA) is 121 Å². The average Bonchev–Trinajstić information content (AvgIpc) is 2.87. The van der Waals surface area contributed by atoms with E-state index in [9.17, 15) is 24.9 Å². The lowest BCUT2D eigenvalue weighted by molar-refractivity contribution is -0.202. The number of carbonyl (C=O) groups is 2. The number of fused-ring (bicyclic) bond motifs is 5. The highest BCUT2D eigenvalue weighted by molar-refractivity contribution is 5.89. The molecular formula is C21H33NO5. The fourth-order valence-electron chi connectivity index (χ4n) is 7.83. The first-order valence-corrected chi connectivity index (χ1v) is 10.4. The summed E-state index contributed by atoms with van der Waals surface area (Å²) in [5, 5.41) is 31.9. The zero-order valence-electron chi connectivity index (χ0n) is 16.4. The van der Waals surface area contributed by atoms with Crippen molar-refractivity contribution in [3.8, 4) is 0 Å². The molecule has 0 aromatic heterocycles. The number of nitrogens with two attached hydrogens (primary N) is 1. The normalized spacial score (nSPS) is 54.8. The summed E-state index contributed by atoms with van der Waals surface area (Å²) in [6, 6.07) is 0. The van der Waals surface area contributed by atoms with Crippen LogP contribution < -0.4 is 5.73 Å². The fourth-order valence-corrected chi connectivity index (χ4v) is 7.83. The molecule has 0 aromatic rings. The Kier molecular flexibility index (Phi) is 4.22. The summed E-state index contributed by atoms with van der Waals surface area (Å²) in [6.07, 6.45) is 3.87. The van der Waals surface area contributed by atoms with Crippen molar-refractivity contribution >= 4 is 11.6 Å². The standard InChI is InChI=1S/C21H33NO5/c1-18-6-3-12(24)9-20(18,22)7-4-13-14-5-8-21(27,16(26)11-23)19(14,2)10-15(25)17(13)18/h13-15,17,23,25,27H,3-11,22H2,1-2H3/t13?,14-,15-,17+,18+,19-,20+,21-/m0/s1. The minimum atomic E-state index is -1.57. The summed E-state index contributed by atoms with van der Waals surface area (Å²) in [5.74, 6) is -0.0440. The van der Waals surface area contributed by atoms with E-state index in [1.165, 1.54) is 0 Å². The van der Waals surface area contributed by atoms with Crippen molar-refractivity contribution in [1.82, 2.24) is 0 Å². The van der Waals surface area contributed by atoms with Crippen molar-refractivity contribution in [2.24, 2.45) is 34.3 Å². The molecule has 4 aliphatic carbocycles. The molecular weight excluding hydrogens is 346 g/mol. The van der Waals surface area contributed by atoms with Gasteiger partial charge in [-0.25, -0.2) is 0 Å². The predicted octanol–water partition coefficient (Wildman–Crippen LogP) is 0.943. The molecule has 6 nitrogen and oxygen atoms in total. The van der Waals surface area contributed by atoms with E-state index in [1.54, 1.807) is 0 Å². The van der Waals surface area contributed by atoms with Crippen LogP contribution in [-0.4, -0.2) is 50.7 Å². The number of hydrogen-bond acceptors (Lipinski definition) is 6. The Balaban J connectivity index is 1.73. The van der Waals surface area contributed by atoms with E-state index in [0.29, 0.717) is 32.1 Å². The number of hydrogen-bond donors (Lipinski definition) is 4. The second kappa shape index (κ2) is 5.85. The van der Waals surface area contributed by atoms with Crippen LogP contribution in [0.15, 0.2) is 0 Å². The summed E-state index contributed by atoms with van der Waals surface area (Å²) < 4.78 is 0. The molecule has 0 spiro atoms. The molecule has 0 amide bonds. The van der Waals surface area contributed by atoms with Gasteiger partial charge in [-0.1, -0.05) is 13.8 Å². The Hall–Kier alpha value is -0.820. The van der Waals surface area contributed by atoms with Gasteiger partial charge < -0.3 is 21.1 Å². The number of carbonyl (C=O) groups excluding carboxylic acids is 2. The molecule has 1 unspecified atom stereocenters. The Morgan fingerprint density at radius 2 is 1.89 bits per heavy atom. The van der Waals surface area contributed by atoms with E-state index in [2.05, 4.69) is 6.92 Å². The quantitative estimate of drug-likeness (QED) is 0.567. The number of aliphatic hydroxyl groups is 3. The predicted molar refractivity (Wildman–Crippen MR) is 98.6 cm³/mol. The molecule has 8 atom stereocenters. The lowest BCUT2D eigenvalue weighted by Gasteiger charge is -2.65. The third kappa shape index (κ3) is 2.27. The largest absolute Gasteiger partial charge is 0.393 e. The first-order valence-electron chi connectivity index (χ1n) is 10.4. The van der Waals surface area contributed by atoms with Gasteiger partial charge in [0.05, 0.1) is 6.10 Å². The SMILES string of the molecule is C[C@]12C[C@H](O)[C@H]3C(CC[C@@]4(N)CC(=O)CC[C@]34C)[C@@H]1CC[C@]2(O)C(=O)CO. The van der Waals surface area contributed by atoms with Gasteiger partial charge in [-0.05, 0) is 61.7 Å². The van der Waals surface area contributed by atoms with Crippen LogP contribution in [0.2, 0.25) is 0 Å². The summed E-state index contributed by atoms with van der Waals surface area (Å²) in [7, 11) is 0. The zero-order chi connectivity index (χ0) is 19.8. The van der Waals surface area contributed by atoms with E-state index < -0.39 is 35.0 Å². The van der Waals surface area contributed by atoms with E-state index in [0.717, 1.165) is 19.3 Å². The highest BCUT2D eigenvalue weighted by atomic mass is 16.3. The van der Waals surface area contributed by atoms with Gasteiger partial charge in [0.15, 0.2) is 5.78 Å². The van der Waals surface area contributed by atoms with Gasteiger partial charge in [-0.3, -0.25) is 9.59 Å². The van der Waals surface area contributed by atoms with Crippen LogP contribution in [0.25, 0.3) is 0 Å². The van der Waals surface area contributed by atoms with Gasteiger partial charge in [0.2, 0.25) is 0 Å². The maximum atomic E-state index is 12.4. The van der Waals surface area contributed by atoms with Gasteiger partial charge in [0.25, 0.3) is 0 Å². The highest BCUT2D eigenvalue weighted by Gasteiger charge is 2.70. The first kappa shape index (κ1) is 19.5. The number of aliphatic hydroxyl groups excluding tert-OH is 2. The van der Waals surface area contributed by atoms with E-state index >= 15 is 0 Å². The molecule has 0 aromatic carbocycles. The van der Waals surface area contributed by atoms with Crippen LogP contribution in [0, 0.1) is 28.6 Å². The van der Waals surface area contributed by atoms with Crippen molar-refractivity contribution in [2.45, 2.75) is 82.5 Å². The van der Waals surface area contributed by atoms with Crippen molar-refractivity contribution in [3.05, 3.63) is 0 Å². The number of rotatable bonds is 2.